The second-order valence-corrected chi connectivity index (χ2v) is 5.16. The van der Waals surface area contributed by atoms with Crippen molar-refractivity contribution in [2.75, 3.05) is 19.7 Å². The van der Waals surface area contributed by atoms with Crippen LogP contribution in [0, 0.1) is 5.92 Å². The van der Waals surface area contributed by atoms with E-state index in [-0.39, 0.29) is 0 Å². The number of aliphatic hydroxyl groups is 1. The molecule has 3 N–H and O–H groups in total. The quantitative estimate of drug-likeness (QED) is 0.713. The highest BCUT2D eigenvalue weighted by Gasteiger charge is 2.32. The van der Waals surface area contributed by atoms with Crippen LogP contribution in [0.1, 0.15) is 38.5 Å². The van der Waals surface area contributed by atoms with Gasteiger partial charge in [0.05, 0.1) is 6.61 Å². The summed E-state index contributed by atoms with van der Waals surface area (Å²) in [6.07, 6.45) is 7.78. The maximum Gasteiger partial charge on any atom is 0.0558 e. The van der Waals surface area contributed by atoms with E-state index >= 15 is 0 Å². The lowest BCUT2D eigenvalue weighted by Gasteiger charge is -2.33. The van der Waals surface area contributed by atoms with Gasteiger partial charge in [-0.2, -0.15) is 0 Å². The summed E-state index contributed by atoms with van der Waals surface area (Å²) in [4.78, 5) is 2.45. The van der Waals surface area contributed by atoms with Crippen molar-refractivity contribution < 1.29 is 5.11 Å². The molecule has 0 aromatic carbocycles. The van der Waals surface area contributed by atoms with E-state index in [4.69, 9.17) is 10.8 Å². The van der Waals surface area contributed by atoms with Gasteiger partial charge in [-0.25, -0.2) is 0 Å². The van der Waals surface area contributed by atoms with Crippen LogP contribution in [0.3, 0.4) is 0 Å². The highest BCUT2D eigenvalue weighted by Crippen LogP contribution is 2.30. The Morgan fingerprint density at radius 2 is 1.87 bits per heavy atom. The lowest BCUT2D eigenvalue weighted by atomic mass is 9.84. The Morgan fingerprint density at radius 1 is 1.13 bits per heavy atom. The summed E-state index contributed by atoms with van der Waals surface area (Å²) in [6, 6.07) is 1.16. The lowest BCUT2D eigenvalue weighted by Crippen LogP contribution is -2.42. The van der Waals surface area contributed by atoms with Gasteiger partial charge in [-0.15, -0.1) is 0 Å². The minimum absolute atomic E-state index is 0.290. The third kappa shape index (κ3) is 3.16. The van der Waals surface area contributed by atoms with E-state index in [0.29, 0.717) is 18.6 Å². The lowest BCUT2D eigenvalue weighted by molar-refractivity contribution is 0.145. The number of rotatable bonds is 5. The summed E-state index contributed by atoms with van der Waals surface area (Å²) < 4.78 is 0. The third-order valence-corrected chi connectivity index (χ3v) is 3.89. The van der Waals surface area contributed by atoms with Gasteiger partial charge in [-0.3, -0.25) is 4.90 Å². The summed E-state index contributed by atoms with van der Waals surface area (Å²) in [5.41, 5.74) is 6.15. The Bertz CT molecular complexity index is 192. The van der Waals surface area contributed by atoms with Crippen LogP contribution in [-0.2, 0) is 0 Å². The number of nitrogens with zero attached hydrogens (tertiary/aromatic N) is 1. The van der Waals surface area contributed by atoms with Crippen LogP contribution in [0.4, 0.5) is 0 Å². The number of nitrogens with two attached hydrogens (primary N) is 1. The van der Waals surface area contributed by atoms with E-state index < -0.39 is 0 Å². The smallest absolute Gasteiger partial charge is 0.0558 e. The van der Waals surface area contributed by atoms with Gasteiger partial charge < -0.3 is 10.8 Å². The van der Waals surface area contributed by atoms with Crippen LogP contribution in [-0.4, -0.2) is 41.8 Å². The van der Waals surface area contributed by atoms with E-state index in [9.17, 15) is 0 Å². The molecule has 0 bridgehead atoms. The Morgan fingerprint density at radius 3 is 2.47 bits per heavy atom. The minimum Gasteiger partial charge on any atom is -0.395 e. The van der Waals surface area contributed by atoms with Gasteiger partial charge in [0.15, 0.2) is 0 Å². The minimum atomic E-state index is 0.290. The molecule has 0 amide bonds. The van der Waals surface area contributed by atoms with Crippen LogP contribution >= 0.6 is 0 Å². The van der Waals surface area contributed by atoms with Gasteiger partial charge in [0.1, 0.15) is 0 Å². The van der Waals surface area contributed by atoms with Gasteiger partial charge in [0.25, 0.3) is 0 Å². The van der Waals surface area contributed by atoms with Crippen molar-refractivity contribution in [2.24, 2.45) is 11.7 Å². The van der Waals surface area contributed by atoms with E-state index in [1.807, 2.05) is 0 Å². The van der Waals surface area contributed by atoms with Crippen LogP contribution in [0.2, 0.25) is 0 Å². The molecule has 2 aliphatic rings. The molecule has 3 nitrogen and oxygen atoms in total. The van der Waals surface area contributed by atoms with Crippen molar-refractivity contribution in [1.29, 1.82) is 0 Å². The molecule has 0 radical (unpaired) electrons. The molecule has 0 heterocycles. The molecule has 0 spiro atoms. The van der Waals surface area contributed by atoms with Gasteiger partial charge >= 0.3 is 0 Å². The van der Waals surface area contributed by atoms with Crippen molar-refractivity contribution in [3.05, 3.63) is 0 Å². The average Bonchev–Trinajstić information content (AvgIpc) is 3.04. The van der Waals surface area contributed by atoms with E-state index in [1.54, 1.807) is 0 Å². The van der Waals surface area contributed by atoms with Gasteiger partial charge in [0.2, 0.25) is 0 Å². The second kappa shape index (κ2) is 5.28. The Labute approximate surface area is 92.6 Å². The van der Waals surface area contributed by atoms with Crippen molar-refractivity contribution in [2.45, 2.75) is 50.6 Å². The molecule has 2 aliphatic carbocycles. The summed E-state index contributed by atoms with van der Waals surface area (Å²) in [5.74, 6) is 0.672. The van der Waals surface area contributed by atoms with E-state index in [2.05, 4.69) is 4.90 Å². The largest absolute Gasteiger partial charge is 0.395 e. The molecule has 0 aromatic heterocycles. The third-order valence-electron chi connectivity index (χ3n) is 3.89. The molecular weight excluding hydrogens is 188 g/mol. The normalized spacial score (nSPS) is 32.2. The molecule has 2 rings (SSSR count). The highest BCUT2D eigenvalue weighted by atomic mass is 16.3. The molecule has 0 saturated heterocycles. The molecule has 2 atom stereocenters. The molecule has 2 unspecified atom stereocenters. The summed E-state index contributed by atoms with van der Waals surface area (Å²) >= 11 is 0. The monoisotopic (exact) mass is 212 g/mol. The standard InChI is InChI=1S/C12H24N2O/c13-12-4-2-1-3-10(12)9-14(7-8-15)11-5-6-11/h10-12,15H,1-9,13H2. The first-order valence-corrected chi connectivity index (χ1v) is 6.41. The van der Waals surface area contributed by atoms with Gasteiger partial charge in [0, 0.05) is 25.2 Å². The molecule has 2 fully saturated rings. The second-order valence-electron chi connectivity index (χ2n) is 5.16. The predicted molar refractivity (Wildman–Crippen MR) is 61.6 cm³/mol. The van der Waals surface area contributed by atoms with Crippen LogP contribution < -0.4 is 5.73 Å². The maximum atomic E-state index is 9.04. The summed E-state index contributed by atoms with van der Waals surface area (Å²) in [7, 11) is 0. The average molecular weight is 212 g/mol. The number of aliphatic hydroxyl groups excluding tert-OH is 1. The van der Waals surface area contributed by atoms with Crippen molar-refractivity contribution in [3.63, 3.8) is 0 Å². The van der Waals surface area contributed by atoms with E-state index in [0.717, 1.165) is 19.1 Å². The zero-order chi connectivity index (χ0) is 10.7. The number of hydrogen-bond donors (Lipinski definition) is 2. The fourth-order valence-corrected chi connectivity index (χ4v) is 2.76. The molecular formula is C12H24N2O. The van der Waals surface area contributed by atoms with Crippen molar-refractivity contribution in [1.82, 2.24) is 4.90 Å². The molecule has 0 aromatic rings. The van der Waals surface area contributed by atoms with E-state index in [1.165, 1.54) is 38.5 Å². The van der Waals surface area contributed by atoms with Crippen LogP contribution in [0.25, 0.3) is 0 Å². The zero-order valence-electron chi connectivity index (χ0n) is 9.57. The highest BCUT2D eigenvalue weighted by molar-refractivity contribution is 4.88. The Kier molecular flexibility index (Phi) is 4.00. The molecule has 15 heavy (non-hydrogen) atoms. The fourth-order valence-electron chi connectivity index (χ4n) is 2.76. The molecule has 2 saturated carbocycles. The molecule has 88 valence electrons. The Hall–Kier alpha value is -0.120. The van der Waals surface area contributed by atoms with Gasteiger partial charge in [-0.1, -0.05) is 12.8 Å². The Balaban J connectivity index is 1.81. The van der Waals surface area contributed by atoms with Crippen molar-refractivity contribution in [3.8, 4) is 0 Å². The first kappa shape index (κ1) is 11.4. The zero-order valence-corrected chi connectivity index (χ0v) is 9.57. The first-order chi connectivity index (χ1) is 7.31. The number of hydrogen-bond acceptors (Lipinski definition) is 3. The van der Waals surface area contributed by atoms with Crippen molar-refractivity contribution >= 4 is 0 Å². The predicted octanol–water partition coefficient (Wildman–Crippen LogP) is 0.961. The molecule has 0 aliphatic heterocycles. The van der Waals surface area contributed by atoms with Crippen LogP contribution in [0.5, 0.6) is 0 Å². The summed E-state index contributed by atoms with van der Waals surface area (Å²) in [5, 5.41) is 9.04. The SMILES string of the molecule is NC1CCCCC1CN(CCO)C1CC1. The first-order valence-electron chi connectivity index (χ1n) is 6.41. The fraction of sp³-hybridized carbons (Fsp3) is 1.00. The van der Waals surface area contributed by atoms with Crippen LogP contribution in [0.15, 0.2) is 0 Å². The summed E-state index contributed by atoms with van der Waals surface area (Å²) in [6.45, 7) is 2.25. The molecule has 3 heteroatoms. The topological polar surface area (TPSA) is 49.5 Å². The maximum absolute atomic E-state index is 9.04. The van der Waals surface area contributed by atoms with Gasteiger partial charge in [-0.05, 0) is 31.6 Å².